The summed E-state index contributed by atoms with van der Waals surface area (Å²) >= 11 is 0. The van der Waals surface area contributed by atoms with Crippen molar-refractivity contribution in [1.82, 2.24) is 4.90 Å². The molecule has 1 fully saturated rings. The van der Waals surface area contributed by atoms with E-state index in [1.807, 2.05) is 121 Å². The van der Waals surface area contributed by atoms with Crippen LogP contribution >= 0.6 is 14.3 Å². The van der Waals surface area contributed by atoms with E-state index in [0.29, 0.717) is 0 Å². The molecule has 5 rings (SSSR count). The predicted octanol–water partition coefficient (Wildman–Crippen LogP) is 5.39. The largest absolute Gasteiger partial charge is 0.311 e. The summed E-state index contributed by atoms with van der Waals surface area (Å²) in [6.45, 7) is 1.58. The maximum atomic E-state index is 15.7. The minimum absolute atomic E-state index is 0.655. The molecule has 172 valence electrons. The Balaban J connectivity index is 1.86. The van der Waals surface area contributed by atoms with Gasteiger partial charge in [-0.15, -0.1) is 0 Å². The molecule has 0 aliphatic carbocycles. The maximum Gasteiger partial charge on any atom is 0.167 e. The zero-order chi connectivity index (χ0) is 23.4. The number of nitrogens with zero attached hydrogens (tertiary/aromatic N) is 1. The molecule has 1 aliphatic rings. The SMILES string of the molecule is O=P(c1ccccc1)(c1ccccc1)C(N1CCCC1)P(=O)(c1ccccc1)c1ccccc1. The van der Waals surface area contributed by atoms with Crippen LogP contribution in [0.25, 0.3) is 0 Å². The second-order valence-electron chi connectivity index (χ2n) is 8.75. The van der Waals surface area contributed by atoms with Gasteiger partial charge in [0.2, 0.25) is 0 Å². The molecule has 0 aromatic heterocycles. The number of likely N-dealkylation sites (tertiary alicyclic amines) is 1. The molecule has 4 aromatic rings. The molecule has 5 heteroatoms. The fourth-order valence-corrected chi connectivity index (χ4v) is 14.0. The third-order valence-corrected chi connectivity index (χ3v) is 14.8. The summed E-state index contributed by atoms with van der Waals surface area (Å²) in [7, 11) is -6.75. The van der Waals surface area contributed by atoms with Crippen molar-refractivity contribution in [3.8, 4) is 0 Å². The fraction of sp³-hybridized carbons (Fsp3) is 0.172. The van der Waals surface area contributed by atoms with Crippen LogP contribution < -0.4 is 21.2 Å². The highest BCUT2D eigenvalue weighted by Crippen LogP contribution is 2.67. The highest BCUT2D eigenvalue weighted by Gasteiger charge is 2.52. The Bertz CT molecular complexity index is 1120. The van der Waals surface area contributed by atoms with Crippen molar-refractivity contribution in [1.29, 1.82) is 0 Å². The zero-order valence-corrected chi connectivity index (χ0v) is 20.9. The Kier molecular flexibility index (Phi) is 6.70. The number of benzene rings is 4. The van der Waals surface area contributed by atoms with Crippen LogP contribution in [0.1, 0.15) is 12.8 Å². The summed E-state index contributed by atoms with van der Waals surface area (Å²) in [6, 6.07) is 38.8. The molecule has 1 aliphatic heterocycles. The second-order valence-corrected chi connectivity index (χ2v) is 14.8. The van der Waals surface area contributed by atoms with Gasteiger partial charge in [-0.2, -0.15) is 0 Å². The van der Waals surface area contributed by atoms with Crippen molar-refractivity contribution < 1.29 is 9.13 Å². The van der Waals surface area contributed by atoms with E-state index in [-0.39, 0.29) is 0 Å². The molecular formula is C29H29NO2P2. The normalized spacial score (nSPS) is 15.0. The molecule has 0 amide bonds. The van der Waals surface area contributed by atoms with E-state index < -0.39 is 19.8 Å². The Hall–Kier alpha value is -2.70. The van der Waals surface area contributed by atoms with Crippen LogP contribution in [-0.2, 0) is 9.13 Å². The van der Waals surface area contributed by atoms with Crippen molar-refractivity contribution in [2.45, 2.75) is 18.4 Å². The summed E-state index contributed by atoms with van der Waals surface area (Å²) in [6.07, 6.45) is 2.04. The monoisotopic (exact) mass is 485 g/mol. The van der Waals surface area contributed by atoms with Crippen LogP contribution in [0.3, 0.4) is 0 Å². The van der Waals surface area contributed by atoms with Gasteiger partial charge in [-0.3, -0.25) is 4.90 Å². The Morgan fingerprint density at radius 3 is 1.00 bits per heavy atom. The molecular weight excluding hydrogens is 456 g/mol. The van der Waals surface area contributed by atoms with Gasteiger partial charge in [0, 0.05) is 21.2 Å². The number of hydrogen-bond donors (Lipinski definition) is 0. The first kappa shape index (κ1) is 23.1. The van der Waals surface area contributed by atoms with Crippen molar-refractivity contribution in [2.75, 3.05) is 13.1 Å². The molecule has 0 N–H and O–H groups in total. The quantitative estimate of drug-likeness (QED) is 0.329. The van der Waals surface area contributed by atoms with Crippen molar-refractivity contribution in [3.05, 3.63) is 121 Å². The summed E-state index contributed by atoms with van der Waals surface area (Å²) < 4.78 is 31.4. The van der Waals surface area contributed by atoms with Gasteiger partial charge in [-0.1, -0.05) is 121 Å². The molecule has 0 atom stereocenters. The van der Waals surface area contributed by atoms with E-state index in [1.165, 1.54) is 0 Å². The summed E-state index contributed by atoms with van der Waals surface area (Å²) in [5.41, 5.74) is -0.655. The van der Waals surface area contributed by atoms with E-state index in [2.05, 4.69) is 4.90 Å². The molecule has 0 saturated carbocycles. The van der Waals surface area contributed by atoms with E-state index in [9.17, 15) is 0 Å². The molecule has 3 nitrogen and oxygen atoms in total. The molecule has 1 heterocycles. The van der Waals surface area contributed by atoms with E-state index >= 15 is 9.13 Å². The minimum atomic E-state index is -3.37. The number of rotatable bonds is 7. The minimum Gasteiger partial charge on any atom is -0.311 e. The lowest BCUT2D eigenvalue weighted by molar-refractivity contribution is 0.358. The van der Waals surface area contributed by atoms with Crippen LogP contribution in [0.2, 0.25) is 0 Å². The van der Waals surface area contributed by atoms with Gasteiger partial charge < -0.3 is 9.13 Å². The fourth-order valence-electron chi connectivity index (χ4n) is 5.09. The highest BCUT2D eigenvalue weighted by atomic mass is 31.2. The van der Waals surface area contributed by atoms with Crippen LogP contribution in [-0.4, -0.2) is 23.5 Å². The average Bonchev–Trinajstić information content (AvgIpc) is 3.44. The van der Waals surface area contributed by atoms with Crippen LogP contribution in [0.4, 0.5) is 0 Å². The van der Waals surface area contributed by atoms with Crippen LogP contribution in [0.5, 0.6) is 0 Å². The predicted molar refractivity (Wildman–Crippen MR) is 144 cm³/mol. The smallest absolute Gasteiger partial charge is 0.167 e. The first-order chi connectivity index (χ1) is 16.6. The van der Waals surface area contributed by atoms with E-state index in [1.54, 1.807) is 0 Å². The van der Waals surface area contributed by atoms with Gasteiger partial charge in [0.25, 0.3) is 0 Å². The van der Waals surface area contributed by atoms with Gasteiger partial charge in [0.05, 0.1) is 0 Å². The first-order valence-corrected chi connectivity index (χ1v) is 15.4. The highest BCUT2D eigenvalue weighted by molar-refractivity contribution is 7.95. The first-order valence-electron chi connectivity index (χ1n) is 11.8. The second kappa shape index (κ2) is 9.88. The van der Waals surface area contributed by atoms with E-state index in [0.717, 1.165) is 47.1 Å². The molecule has 1 saturated heterocycles. The van der Waals surface area contributed by atoms with Gasteiger partial charge in [-0.05, 0) is 25.9 Å². The molecule has 0 unspecified atom stereocenters. The lowest BCUT2D eigenvalue weighted by Gasteiger charge is -2.40. The van der Waals surface area contributed by atoms with Gasteiger partial charge in [0.15, 0.2) is 14.3 Å². The average molecular weight is 486 g/mol. The third-order valence-electron chi connectivity index (χ3n) is 6.68. The Morgan fingerprint density at radius 1 is 0.471 bits per heavy atom. The van der Waals surface area contributed by atoms with Crippen molar-refractivity contribution >= 4 is 35.5 Å². The van der Waals surface area contributed by atoms with Gasteiger partial charge in [0.1, 0.15) is 5.52 Å². The molecule has 4 aromatic carbocycles. The molecule has 0 spiro atoms. The van der Waals surface area contributed by atoms with Gasteiger partial charge in [-0.25, -0.2) is 0 Å². The zero-order valence-electron chi connectivity index (χ0n) is 19.1. The summed E-state index contributed by atoms with van der Waals surface area (Å²) in [5, 5.41) is 3.02. The molecule has 0 radical (unpaired) electrons. The summed E-state index contributed by atoms with van der Waals surface area (Å²) in [4.78, 5) is 2.25. The van der Waals surface area contributed by atoms with E-state index in [4.69, 9.17) is 0 Å². The topological polar surface area (TPSA) is 37.4 Å². The number of hydrogen-bond acceptors (Lipinski definition) is 3. The van der Waals surface area contributed by atoms with Crippen LogP contribution in [0, 0.1) is 0 Å². The lowest BCUT2D eigenvalue weighted by atomic mass is 10.4. The Morgan fingerprint density at radius 2 is 0.735 bits per heavy atom. The molecule has 34 heavy (non-hydrogen) atoms. The van der Waals surface area contributed by atoms with Crippen LogP contribution in [0.15, 0.2) is 121 Å². The lowest BCUT2D eigenvalue weighted by Crippen LogP contribution is -2.43. The Labute approximate surface area is 202 Å². The maximum absolute atomic E-state index is 15.7. The standard InChI is InChI=1S/C29H29NO2P2/c31-33(25-15-5-1-6-16-25,26-17-7-2-8-18-26)29(30-23-13-14-24-30)34(32,27-19-9-3-10-20-27)28-21-11-4-12-22-28/h1-12,15-22,29H,13-14,23-24H2. The molecule has 0 bridgehead atoms. The van der Waals surface area contributed by atoms with Gasteiger partial charge >= 0.3 is 0 Å². The third kappa shape index (κ3) is 4.03. The summed E-state index contributed by atoms with van der Waals surface area (Å²) in [5.74, 6) is 0. The van der Waals surface area contributed by atoms with Crippen molar-refractivity contribution in [2.24, 2.45) is 0 Å². The van der Waals surface area contributed by atoms with Crippen molar-refractivity contribution in [3.63, 3.8) is 0 Å².